The summed E-state index contributed by atoms with van der Waals surface area (Å²) in [6.45, 7) is 0. The zero-order valence-corrected chi connectivity index (χ0v) is 11.9. The number of benzene rings is 1. The fourth-order valence-electron chi connectivity index (χ4n) is 1.99. The minimum atomic E-state index is 0.552. The third-order valence-corrected chi connectivity index (χ3v) is 5.00. The molecule has 0 aliphatic heterocycles. The average Bonchev–Trinajstić information content (AvgIpc) is 3.13. The number of nitrogens with two attached hydrogens (primary N) is 1. The molecule has 0 unspecified atom stereocenters. The van der Waals surface area contributed by atoms with Crippen LogP contribution in [0.2, 0.25) is 0 Å². The molecule has 0 spiro atoms. The minimum absolute atomic E-state index is 0.552. The normalized spacial score (nSPS) is 11.2. The van der Waals surface area contributed by atoms with Crippen LogP contribution in [-0.2, 0) is 0 Å². The fourth-order valence-corrected chi connectivity index (χ4v) is 4.02. The van der Waals surface area contributed by atoms with E-state index in [2.05, 4.69) is 27.7 Å². The van der Waals surface area contributed by atoms with Crippen LogP contribution in [0.15, 0.2) is 46.3 Å². The average molecular weight is 299 g/mol. The highest BCUT2D eigenvalue weighted by atomic mass is 32.1. The molecule has 98 valence electrons. The largest absolute Gasteiger partial charge is 0.399 e. The minimum Gasteiger partial charge on any atom is -0.399 e. The lowest BCUT2D eigenvalue weighted by Crippen LogP contribution is -1.86. The van der Waals surface area contributed by atoms with Crippen molar-refractivity contribution in [3.8, 4) is 22.2 Å². The lowest BCUT2D eigenvalue weighted by molar-refractivity contribution is 0.433. The van der Waals surface area contributed by atoms with E-state index in [9.17, 15) is 0 Å². The van der Waals surface area contributed by atoms with Gasteiger partial charge in [-0.3, -0.25) is 0 Å². The van der Waals surface area contributed by atoms with Gasteiger partial charge in [-0.05, 0) is 29.6 Å². The van der Waals surface area contributed by atoms with Crippen molar-refractivity contribution in [1.29, 1.82) is 0 Å². The number of anilines is 1. The first kappa shape index (κ1) is 11.6. The van der Waals surface area contributed by atoms with Crippen molar-refractivity contribution in [3.05, 3.63) is 41.8 Å². The maximum atomic E-state index is 5.77. The Bertz CT molecular complexity index is 862. The van der Waals surface area contributed by atoms with E-state index in [1.165, 1.54) is 9.40 Å². The van der Waals surface area contributed by atoms with Gasteiger partial charge in [0.2, 0.25) is 5.82 Å². The van der Waals surface area contributed by atoms with Crippen LogP contribution in [0.25, 0.3) is 31.6 Å². The molecule has 4 nitrogen and oxygen atoms in total. The van der Waals surface area contributed by atoms with Crippen LogP contribution in [0.5, 0.6) is 0 Å². The molecule has 0 fully saturated rings. The van der Waals surface area contributed by atoms with Gasteiger partial charge >= 0.3 is 0 Å². The van der Waals surface area contributed by atoms with Gasteiger partial charge in [-0.25, -0.2) is 0 Å². The molecule has 4 aromatic rings. The van der Waals surface area contributed by atoms with Crippen molar-refractivity contribution >= 4 is 37.8 Å². The molecule has 3 aromatic heterocycles. The van der Waals surface area contributed by atoms with E-state index in [0.717, 1.165) is 10.4 Å². The highest BCUT2D eigenvalue weighted by Gasteiger charge is 2.13. The van der Waals surface area contributed by atoms with E-state index in [1.54, 1.807) is 22.7 Å². The molecule has 2 N–H and O–H groups in total. The number of aromatic nitrogens is 2. The quantitative estimate of drug-likeness (QED) is 0.562. The summed E-state index contributed by atoms with van der Waals surface area (Å²) >= 11 is 3.37. The summed E-state index contributed by atoms with van der Waals surface area (Å²) in [6, 6.07) is 11.6. The van der Waals surface area contributed by atoms with Crippen LogP contribution in [-0.4, -0.2) is 10.1 Å². The lowest BCUT2D eigenvalue weighted by Gasteiger charge is -1.95. The Morgan fingerprint density at radius 2 is 2.05 bits per heavy atom. The third kappa shape index (κ3) is 1.90. The first-order valence-corrected chi connectivity index (χ1v) is 7.66. The van der Waals surface area contributed by atoms with Gasteiger partial charge in [0.05, 0.1) is 4.88 Å². The molecular formula is C14H9N3OS2. The van der Waals surface area contributed by atoms with Gasteiger partial charge in [0, 0.05) is 20.7 Å². The van der Waals surface area contributed by atoms with Crippen LogP contribution in [0.4, 0.5) is 5.69 Å². The van der Waals surface area contributed by atoms with Crippen molar-refractivity contribution in [2.45, 2.75) is 0 Å². The second-order valence-electron chi connectivity index (χ2n) is 4.31. The fraction of sp³-hybridized carbons (Fsp3) is 0. The van der Waals surface area contributed by atoms with Crippen molar-refractivity contribution in [2.75, 3.05) is 5.73 Å². The third-order valence-electron chi connectivity index (χ3n) is 2.92. The molecule has 4 rings (SSSR count). The molecular weight excluding hydrogens is 290 g/mol. The Labute approximate surface area is 122 Å². The number of fused-ring (bicyclic) bond motifs is 1. The summed E-state index contributed by atoms with van der Waals surface area (Å²) < 4.78 is 7.85. The van der Waals surface area contributed by atoms with Gasteiger partial charge in [0.15, 0.2) is 0 Å². The Kier molecular flexibility index (Phi) is 2.58. The van der Waals surface area contributed by atoms with Crippen LogP contribution >= 0.6 is 22.7 Å². The summed E-state index contributed by atoms with van der Waals surface area (Å²) in [4.78, 5) is 5.44. The highest BCUT2D eigenvalue weighted by molar-refractivity contribution is 7.28. The predicted octanol–water partition coefficient (Wildman–Crippen LogP) is 4.26. The van der Waals surface area contributed by atoms with E-state index < -0.39 is 0 Å². The van der Waals surface area contributed by atoms with Crippen molar-refractivity contribution < 1.29 is 4.52 Å². The summed E-state index contributed by atoms with van der Waals surface area (Å²) in [5.41, 5.74) is 7.31. The van der Waals surface area contributed by atoms with Gasteiger partial charge < -0.3 is 10.3 Å². The lowest BCUT2D eigenvalue weighted by atomic mass is 10.2. The van der Waals surface area contributed by atoms with E-state index in [-0.39, 0.29) is 0 Å². The number of hydrogen-bond acceptors (Lipinski definition) is 6. The van der Waals surface area contributed by atoms with Crippen LogP contribution < -0.4 is 5.73 Å². The van der Waals surface area contributed by atoms with Gasteiger partial charge in [-0.2, -0.15) is 4.98 Å². The molecule has 0 saturated heterocycles. The molecule has 1 aromatic carbocycles. The van der Waals surface area contributed by atoms with Gasteiger partial charge in [-0.15, -0.1) is 22.7 Å². The molecule has 0 atom stereocenters. The van der Waals surface area contributed by atoms with E-state index >= 15 is 0 Å². The zero-order chi connectivity index (χ0) is 13.5. The van der Waals surface area contributed by atoms with Crippen molar-refractivity contribution in [1.82, 2.24) is 10.1 Å². The number of nitrogen functional groups attached to an aromatic ring is 1. The van der Waals surface area contributed by atoms with Crippen molar-refractivity contribution in [3.63, 3.8) is 0 Å². The monoisotopic (exact) mass is 299 g/mol. The number of rotatable bonds is 2. The molecule has 3 heterocycles. The topological polar surface area (TPSA) is 64.9 Å². The second kappa shape index (κ2) is 4.43. The van der Waals surface area contributed by atoms with Crippen molar-refractivity contribution in [2.24, 2.45) is 0 Å². The Morgan fingerprint density at radius 1 is 1.10 bits per heavy atom. The van der Waals surface area contributed by atoms with Crippen LogP contribution in [0.3, 0.4) is 0 Å². The summed E-state index contributed by atoms with van der Waals surface area (Å²) in [5, 5.41) is 6.11. The summed E-state index contributed by atoms with van der Waals surface area (Å²) in [7, 11) is 0. The maximum Gasteiger partial charge on any atom is 0.268 e. The second-order valence-corrected chi connectivity index (χ2v) is 6.34. The molecule has 0 radical (unpaired) electrons. The standard InChI is InChI=1S/C14H9N3OS2/c15-9-3-1-2-8(6-9)13-16-14(18-17-13)12-7-11-10(20-12)4-5-19-11/h1-7H,15H2. The van der Waals surface area contributed by atoms with E-state index in [1.807, 2.05) is 24.3 Å². The molecule has 0 bridgehead atoms. The van der Waals surface area contributed by atoms with Gasteiger partial charge in [-0.1, -0.05) is 17.3 Å². The van der Waals surface area contributed by atoms with Crippen LogP contribution in [0, 0.1) is 0 Å². The molecule has 0 aliphatic rings. The Hall–Kier alpha value is -2.18. The van der Waals surface area contributed by atoms with Crippen LogP contribution in [0.1, 0.15) is 0 Å². The van der Waals surface area contributed by atoms with Gasteiger partial charge in [0.25, 0.3) is 5.89 Å². The number of nitrogens with zero attached hydrogens (tertiary/aromatic N) is 2. The smallest absolute Gasteiger partial charge is 0.268 e. The van der Waals surface area contributed by atoms with E-state index in [4.69, 9.17) is 10.3 Å². The molecule has 0 amide bonds. The van der Waals surface area contributed by atoms with E-state index in [0.29, 0.717) is 17.4 Å². The number of thiophene rings is 2. The molecule has 6 heteroatoms. The van der Waals surface area contributed by atoms with Gasteiger partial charge in [0.1, 0.15) is 0 Å². The summed E-state index contributed by atoms with van der Waals surface area (Å²) in [6.07, 6.45) is 0. The molecule has 20 heavy (non-hydrogen) atoms. The molecule has 0 saturated carbocycles. The predicted molar refractivity (Wildman–Crippen MR) is 82.8 cm³/mol. The zero-order valence-electron chi connectivity index (χ0n) is 10.2. The summed E-state index contributed by atoms with van der Waals surface area (Å²) in [5.74, 6) is 1.11. The molecule has 0 aliphatic carbocycles. The SMILES string of the molecule is Nc1cccc(-c2noc(-c3cc4sccc4s3)n2)c1. The number of hydrogen-bond donors (Lipinski definition) is 1. The first-order valence-electron chi connectivity index (χ1n) is 5.96. The maximum absolute atomic E-state index is 5.77. The Balaban J connectivity index is 1.76. The first-order chi connectivity index (χ1) is 9.79. The Morgan fingerprint density at radius 3 is 2.90 bits per heavy atom. The highest BCUT2D eigenvalue weighted by Crippen LogP contribution is 2.36.